The van der Waals surface area contributed by atoms with Gasteiger partial charge in [-0.1, -0.05) is 24.3 Å². The van der Waals surface area contributed by atoms with Crippen molar-refractivity contribution in [1.29, 1.82) is 5.26 Å². The van der Waals surface area contributed by atoms with Gasteiger partial charge in [0, 0.05) is 28.4 Å². The number of methoxy groups -OCH3 is 2. The second-order valence-corrected chi connectivity index (χ2v) is 7.46. The molecule has 31 heavy (non-hydrogen) atoms. The quantitative estimate of drug-likeness (QED) is 0.467. The number of aromatic nitrogens is 2. The highest BCUT2D eigenvalue weighted by atomic mass is 32.1. The van der Waals surface area contributed by atoms with E-state index in [1.807, 2.05) is 60.0 Å². The smallest absolute Gasteiger partial charge is 0.357 e. The minimum absolute atomic E-state index is 0.0920. The molecule has 2 aromatic carbocycles. The first-order valence-electron chi connectivity index (χ1n) is 9.25. The van der Waals surface area contributed by atoms with Crippen LogP contribution in [0.5, 0.6) is 5.75 Å². The van der Waals surface area contributed by atoms with Crippen molar-refractivity contribution in [2.24, 2.45) is 0 Å². The van der Waals surface area contributed by atoms with Gasteiger partial charge in [0.1, 0.15) is 16.8 Å². The summed E-state index contributed by atoms with van der Waals surface area (Å²) in [5, 5.41) is 12.1. The zero-order valence-electron chi connectivity index (χ0n) is 16.8. The lowest BCUT2D eigenvalue weighted by Crippen LogP contribution is -2.11. The zero-order valence-corrected chi connectivity index (χ0v) is 17.6. The highest BCUT2D eigenvalue weighted by molar-refractivity contribution is 7.13. The fraction of sp³-hybridized carbons (Fsp3) is 0.0870. The molecular weight excluding hydrogens is 412 g/mol. The van der Waals surface area contributed by atoms with E-state index in [9.17, 15) is 10.1 Å². The lowest BCUT2D eigenvalue weighted by Gasteiger charge is -2.09. The van der Waals surface area contributed by atoms with E-state index in [4.69, 9.17) is 20.2 Å². The number of rotatable bonds is 5. The van der Waals surface area contributed by atoms with Gasteiger partial charge in [-0.15, -0.1) is 11.3 Å². The second kappa shape index (κ2) is 8.34. The van der Waals surface area contributed by atoms with E-state index in [1.165, 1.54) is 24.6 Å². The molecule has 0 amide bonds. The topological polar surface area (TPSA) is 103 Å². The van der Waals surface area contributed by atoms with Crippen molar-refractivity contribution in [3.8, 4) is 39.3 Å². The summed E-state index contributed by atoms with van der Waals surface area (Å²) < 4.78 is 11.7. The summed E-state index contributed by atoms with van der Waals surface area (Å²) in [4.78, 5) is 17.0. The maximum Gasteiger partial charge on any atom is 0.357 e. The first-order chi connectivity index (χ1) is 15.0. The van der Waals surface area contributed by atoms with Crippen LogP contribution >= 0.6 is 11.3 Å². The molecule has 154 valence electrons. The van der Waals surface area contributed by atoms with Gasteiger partial charge in [-0.25, -0.2) is 9.78 Å². The van der Waals surface area contributed by atoms with Crippen LogP contribution in [0.1, 0.15) is 16.1 Å². The summed E-state index contributed by atoms with van der Waals surface area (Å²) in [6.07, 6.45) is 1.53. The van der Waals surface area contributed by atoms with Gasteiger partial charge in [0.2, 0.25) is 0 Å². The molecule has 0 spiro atoms. The Bertz CT molecular complexity index is 1320. The molecule has 0 aliphatic heterocycles. The maximum atomic E-state index is 12.3. The molecule has 2 N–H and O–H groups in total. The standard InChI is InChI=1S/C23H18N4O3S/c1-29-18-8-4-5-14(10-18)19-13-31-22(26-19)15-6-3-7-17(9-15)27-12-16(11-24)20(25)21(27)23(28)30-2/h3-10,12-13H,25H2,1-2H3. The third-order valence-electron chi connectivity index (χ3n) is 4.78. The average Bonchev–Trinajstić information content (AvgIpc) is 3.44. The van der Waals surface area contributed by atoms with E-state index < -0.39 is 5.97 Å². The number of carbonyl (C=O) groups excluding carboxylic acids is 1. The molecule has 0 aliphatic rings. The molecule has 0 atom stereocenters. The van der Waals surface area contributed by atoms with Crippen LogP contribution in [0.4, 0.5) is 5.69 Å². The summed E-state index contributed by atoms with van der Waals surface area (Å²) in [6.45, 7) is 0. The van der Waals surface area contributed by atoms with Gasteiger partial charge >= 0.3 is 5.97 Å². The van der Waals surface area contributed by atoms with Crippen LogP contribution in [0.2, 0.25) is 0 Å². The third-order valence-corrected chi connectivity index (χ3v) is 5.68. The Morgan fingerprint density at radius 1 is 1.16 bits per heavy atom. The lowest BCUT2D eigenvalue weighted by molar-refractivity contribution is 0.0593. The third kappa shape index (κ3) is 3.74. The number of esters is 1. The molecule has 7 nitrogen and oxygen atoms in total. The van der Waals surface area contributed by atoms with Gasteiger partial charge < -0.3 is 19.8 Å². The summed E-state index contributed by atoms with van der Waals surface area (Å²) in [7, 11) is 2.91. The lowest BCUT2D eigenvalue weighted by atomic mass is 10.1. The van der Waals surface area contributed by atoms with E-state index in [0.717, 1.165) is 27.6 Å². The van der Waals surface area contributed by atoms with Crippen molar-refractivity contribution >= 4 is 23.0 Å². The molecule has 0 saturated heterocycles. The van der Waals surface area contributed by atoms with E-state index in [-0.39, 0.29) is 16.9 Å². The number of thiazole rings is 1. The molecule has 0 aliphatic carbocycles. The van der Waals surface area contributed by atoms with Gasteiger partial charge in [-0.2, -0.15) is 5.26 Å². The van der Waals surface area contributed by atoms with Gasteiger partial charge in [-0.3, -0.25) is 0 Å². The second-order valence-electron chi connectivity index (χ2n) is 6.60. The van der Waals surface area contributed by atoms with Gasteiger partial charge in [0.25, 0.3) is 0 Å². The van der Waals surface area contributed by atoms with Crippen molar-refractivity contribution in [1.82, 2.24) is 9.55 Å². The fourth-order valence-corrected chi connectivity index (χ4v) is 4.05. The molecule has 0 bridgehead atoms. The molecule has 0 saturated carbocycles. The highest BCUT2D eigenvalue weighted by Gasteiger charge is 2.22. The minimum atomic E-state index is -0.612. The molecule has 0 radical (unpaired) electrons. The molecule has 4 rings (SSSR count). The van der Waals surface area contributed by atoms with E-state index in [2.05, 4.69) is 0 Å². The first-order valence-corrected chi connectivity index (χ1v) is 10.1. The summed E-state index contributed by atoms with van der Waals surface area (Å²) in [5.41, 5.74) is 9.77. The number of benzene rings is 2. The molecule has 4 aromatic rings. The zero-order chi connectivity index (χ0) is 22.0. The Balaban J connectivity index is 1.75. The number of hydrogen-bond acceptors (Lipinski definition) is 7. The summed E-state index contributed by atoms with van der Waals surface area (Å²) in [6, 6.07) is 17.2. The van der Waals surface area contributed by atoms with E-state index in [1.54, 1.807) is 11.7 Å². The Morgan fingerprint density at radius 3 is 2.68 bits per heavy atom. The van der Waals surface area contributed by atoms with E-state index in [0.29, 0.717) is 5.69 Å². The monoisotopic (exact) mass is 430 g/mol. The van der Waals surface area contributed by atoms with Crippen LogP contribution in [0.15, 0.2) is 60.1 Å². The highest BCUT2D eigenvalue weighted by Crippen LogP contribution is 2.32. The Labute approximate surface area is 182 Å². The first kappa shape index (κ1) is 20.2. The number of anilines is 1. The van der Waals surface area contributed by atoms with Crippen molar-refractivity contribution < 1.29 is 14.3 Å². The number of nitriles is 1. The summed E-state index contributed by atoms with van der Waals surface area (Å²) in [5.74, 6) is 0.154. The van der Waals surface area contributed by atoms with Crippen LogP contribution in [-0.4, -0.2) is 29.7 Å². The average molecular weight is 430 g/mol. The number of nitrogens with zero attached hydrogens (tertiary/aromatic N) is 3. The van der Waals surface area contributed by atoms with Gasteiger partial charge in [0.05, 0.1) is 31.2 Å². The van der Waals surface area contributed by atoms with Crippen LogP contribution in [0, 0.1) is 11.3 Å². The van der Waals surface area contributed by atoms with Crippen molar-refractivity contribution in [2.75, 3.05) is 20.0 Å². The molecule has 0 fully saturated rings. The Morgan fingerprint density at radius 2 is 1.94 bits per heavy atom. The van der Waals surface area contributed by atoms with Crippen LogP contribution in [-0.2, 0) is 4.74 Å². The maximum absolute atomic E-state index is 12.3. The van der Waals surface area contributed by atoms with Crippen LogP contribution in [0.3, 0.4) is 0 Å². The van der Waals surface area contributed by atoms with Gasteiger partial charge in [-0.05, 0) is 24.3 Å². The number of carbonyl (C=O) groups is 1. The van der Waals surface area contributed by atoms with Crippen LogP contribution in [0.25, 0.3) is 27.5 Å². The minimum Gasteiger partial charge on any atom is -0.497 e. The summed E-state index contributed by atoms with van der Waals surface area (Å²) >= 11 is 1.51. The van der Waals surface area contributed by atoms with Crippen molar-refractivity contribution in [3.63, 3.8) is 0 Å². The number of nitrogens with two attached hydrogens (primary N) is 1. The normalized spacial score (nSPS) is 10.5. The van der Waals surface area contributed by atoms with Crippen LogP contribution < -0.4 is 10.5 Å². The Kier molecular flexibility index (Phi) is 5.43. The number of ether oxygens (including phenoxy) is 2. The Hall–Kier alpha value is -4.09. The number of nitrogen functional groups attached to an aromatic ring is 1. The van der Waals surface area contributed by atoms with Crippen molar-refractivity contribution in [3.05, 3.63) is 71.4 Å². The molecule has 2 aromatic heterocycles. The number of hydrogen-bond donors (Lipinski definition) is 1. The fourth-order valence-electron chi connectivity index (χ4n) is 3.23. The van der Waals surface area contributed by atoms with E-state index >= 15 is 0 Å². The predicted octanol–water partition coefficient (Wildman–Crippen LogP) is 4.52. The van der Waals surface area contributed by atoms with Gasteiger partial charge in [0.15, 0.2) is 5.69 Å². The molecule has 8 heteroatoms. The SMILES string of the molecule is COC(=O)c1c(N)c(C#N)cn1-c1cccc(-c2nc(-c3cccc(OC)c3)cs2)c1. The molecule has 2 heterocycles. The largest absolute Gasteiger partial charge is 0.497 e. The molecular formula is C23H18N4O3S. The molecule has 0 unspecified atom stereocenters. The predicted molar refractivity (Wildman–Crippen MR) is 119 cm³/mol. The van der Waals surface area contributed by atoms with Crippen molar-refractivity contribution in [2.45, 2.75) is 0 Å².